The molecule has 20 heavy (non-hydrogen) atoms. The Morgan fingerprint density at radius 2 is 2.20 bits per heavy atom. The molecule has 1 aromatic heterocycles. The summed E-state index contributed by atoms with van der Waals surface area (Å²) in [5.41, 5.74) is 0.793. The molecular weight excluding hydrogens is 262 g/mol. The minimum atomic E-state index is -1.29. The van der Waals surface area contributed by atoms with Crippen LogP contribution in [0.3, 0.4) is 0 Å². The standard InChI is InChI=1S/C14H17NO5/c16-10(4-3-9-2-1-5-15-7-9)6-12-14(19)13(18)11(17)8-20-12/h1-5,7,11-14,17-19H,6,8H2. The molecule has 4 unspecified atom stereocenters. The minimum Gasteiger partial charge on any atom is -0.388 e. The summed E-state index contributed by atoms with van der Waals surface area (Å²) < 4.78 is 5.17. The van der Waals surface area contributed by atoms with E-state index in [0.717, 1.165) is 5.56 Å². The van der Waals surface area contributed by atoms with Gasteiger partial charge >= 0.3 is 0 Å². The molecule has 0 amide bonds. The fourth-order valence-corrected chi connectivity index (χ4v) is 1.98. The van der Waals surface area contributed by atoms with E-state index < -0.39 is 24.4 Å². The van der Waals surface area contributed by atoms with E-state index in [9.17, 15) is 20.1 Å². The highest BCUT2D eigenvalue weighted by Gasteiger charge is 2.37. The third kappa shape index (κ3) is 3.71. The normalized spacial score (nSPS) is 30.6. The Hall–Kier alpha value is -1.60. The molecular formula is C14H17NO5. The number of ketones is 1. The number of rotatable bonds is 4. The van der Waals surface area contributed by atoms with Crippen molar-refractivity contribution >= 4 is 11.9 Å². The van der Waals surface area contributed by atoms with E-state index in [1.165, 1.54) is 6.08 Å². The van der Waals surface area contributed by atoms with E-state index in [4.69, 9.17) is 4.74 Å². The molecule has 0 aliphatic carbocycles. The number of ether oxygens (including phenoxy) is 1. The van der Waals surface area contributed by atoms with Gasteiger partial charge in [0.15, 0.2) is 5.78 Å². The van der Waals surface area contributed by atoms with Gasteiger partial charge in [-0.3, -0.25) is 9.78 Å². The predicted molar refractivity (Wildman–Crippen MR) is 70.7 cm³/mol. The Kier molecular flexibility index (Phi) is 4.97. The lowest BCUT2D eigenvalue weighted by atomic mass is 9.96. The summed E-state index contributed by atoms with van der Waals surface area (Å²) >= 11 is 0. The van der Waals surface area contributed by atoms with Crippen LogP contribution in [0.1, 0.15) is 12.0 Å². The quantitative estimate of drug-likeness (QED) is 0.645. The Morgan fingerprint density at radius 3 is 2.90 bits per heavy atom. The molecule has 0 aromatic carbocycles. The molecule has 1 fully saturated rings. The first-order valence-corrected chi connectivity index (χ1v) is 6.34. The first-order chi connectivity index (χ1) is 9.58. The number of allylic oxidation sites excluding steroid dienone is 1. The van der Waals surface area contributed by atoms with Crippen molar-refractivity contribution in [2.24, 2.45) is 0 Å². The Bertz CT molecular complexity index is 476. The van der Waals surface area contributed by atoms with Gasteiger partial charge in [0.2, 0.25) is 0 Å². The number of hydrogen-bond donors (Lipinski definition) is 3. The van der Waals surface area contributed by atoms with Crippen LogP contribution >= 0.6 is 0 Å². The molecule has 1 aliphatic rings. The van der Waals surface area contributed by atoms with E-state index in [0.29, 0.717) is 0 Å². The van der Waals surface area contributed by atoms with Crippen molar-refractivity contribution in [3.8, 4) is 0 Å². The smallest absolute Gasteiger partial charge is 0.158 e. The predicted octanol–water partition coefficient (Wildman–Crippen LogP) is -0.464. The van der Waals surface area contributed by atoms with Gasteiger partial charge in [-0.2, -0.15) is 0 Å². The van der Waals surface area contributed by atoms with E-state index in [-0.39, 0.29) is 18.8 Å². The molecule has 2 rings (SSSR count). The number of aliphatic hydroxyl groups excluding tert-OH is 3. The topological polar surface area (TPSA) is 99.9 Å². The second kappa shape index (κ2) is 6.71. The maximum atomic E-state index is 11.8. The third-order valence-corrected chi connectivity index (χ3v) is 3.15. The minimum absolute atomic E-state index is 0.0539. The van der Waals surface area contributed by atoms with Crippen LogP contribution in [-0.2, 0) is 9.53 Å². The lowest BCUT2D eigenvalue weighted by Gasteiger charge is -2.34. The largest absolute Gasteiger partial charge is 0.388 e. The zero-order valence-electron chi connectivity index (χ0n) is 10.8. The summed E-state index contributed by atoms with van der Waals surface area (Å²) in [5, 5.41) is 28.6. The van der Waals surface area contributed by atoms with Crippen molar-refractivity contribution in [1.82, 2.24) is 4.98 Å². The number of carbonyl (C=O) groups is 1. The summed E-state index contributed by atoms with van der Waals surface area (Å²) in [6, 6.07) is 3.57. The van der Waals surface area contributed by atoms with Crippen molar-refractivity contribution < 1.29 is 24.9 Å². The van der Waals surface area contributed by atoms with Gasteiger partial charge in [-0.1, -0.05) is 6.07 Å². The molecule has 4 atom stereocenters. The lowest BCUT2D eigenvalue weighted by molar-refractivity contribution is -0.188. The Balaban J connectivity index is 1.90. The van der Waals surface area contributed by atoms with Gasteiger partial charge in [0.05, 0.1) is 12.7 Å². The maximum absolute atomic E-state index is 11.8. The number of nitrogens with zero attached hydrogens (tertiary/aromatic N) is 1. The van der Waals surface area contributed by atoms with Crippen LogP contribution in [0.2, 0.25) is 0 Å². The summed E-state index contributed by atoms with van der Waals surface area (Å²) in [7, 11) is 0. The maximum Gasteiger partial charge on any atom is 0.158 e. The summed E-state index contributed by atoms with van der Waals surface area (Å²) in [5.74, 6) is -0.235. The van der Waals surface area contributed by atoms with Crippen LogP contribution in [-0.4, -0.2) is 57.1 Å². The van der Waals surface area contributed by atoms with Crippen LogP contribution in [0.5, 0.6) is 0 Å². The second-order valence-electron chi connectivity index (χ2n) is 4.71. The molecule has 1 aromatic rings. The monoisotopic (exact) mass is 279 g/mol. The highest BCUT2D eigenvalue weighted by atomic mass is 16.5. The number of aromatic nitrogens is 1. The molecule has 0 bridgehead atoms. The van der Waals surface area contributed by atoms with E-state index in [1.54, 1.807) is 24.5 Å². The van der Waals surface area contributed by atoms with Crippen molar-refractivity contribution in [2.45, 2.75) is 30.8 Å². The average molecular weight is 279 g/mol. The van der Waals surface area contributed by atoms with Crippen LogP contribution in [0.4, 0.5) is 0 Å². The van der Waals surface area contributed by atoms with Crippen molar-refractivity contribution in [3.63, 3.8) is 0 Å². The zero-order valence-corrected chi connectivity index (χ0v) is 10.8. The zero-order chi connectivity index (χ0) is 14.5. The van der Waals surface area contributed by atoms with Gasteiger partial charge in [-0.05, 0) is 23.8 Å². The molecule has 108 valence electrons. The lowest BCUT2D eigenvalue weighted by Crippen LogP contribution is -2.53. The van der Waals surface area contributed by atoms with Crippen molar-refractivity contribution in [3.05, 3.63) is 36.2 Å². The van der Waals surface area contributed by atoms with E-state index in [1.807, 2.05) is 6.07 Å². The molecule has 1 aliphatic heterocycles. The molecule has 1 saturated heterocycles. The third-order valence-electron chi connectivity index (χ3n) is 3.15. The van der Waals surface area contributed by atoms with Crippen LogP contribution in [0.15, 0.2) is 30.6 Å². The Morgan fingerprint density at radius 1 is 1.40 bits per heavy atom. The fraction of sp³-hybridized carbons (Fsp3) is 0.429. The molecule has 0 saturated carbocycles. The molecule has 0 radical (unpaired) electrons. The summed E-state index contributed by atoms with van der Waals surface area (Å²) in [6.45, 7) is -0.0947. The van der Waals surface area contributed by atoms with Gasteiger partial charge in [-0.15, -0.1) is 0 Å². The average Bonchev–Trinajstić information content (AvgIpc) is 2.47. The SMILES string of the molecule is O=C(C=Cc1cccnc1)CC1OCC(O)C(O)C1O. The van der Waals surface area contributed by atoms with Crippen LogP contribution < -0.4 is 0 Å². The van der Waals surface area contributed by atoms with Crippen molar-refractivity contribution in [1.29, 1.82) is 0 Å². The number of hydrogen-bond acceptors (Lipinski definition) is 6. The number of aliphatic hydroxyl groups is 3. The molecule has 0 spiro atoms. The van der Waals surface area contributed by atoms with Crippen LogP contribution in [0.25, 0.3) is 6.08 Å². The first-order valence-electron chi connectivity index (χ1n) is 6.34. The number of carbonyl (C=O) groups excluding carboxylic acids is 1. The summed E-state index contributed by atoms with van der Waals surface area (Å²) in [6.07, 6.45) is 1.72. The van der Waals surface area contributed by atoms with E-state index in [2.05, 4.69) is 4.98 Å². The van der Waals surface area contributed by atoms with Gasteiger partial charge in [0.25, 0.3) is 0 Å². The molecule has 6 heteroatoms. The Labute approximate surface area is 116 Å². The fourth-order valence-electron chi connectivity index (χ4n) is 1.98. The van der Waals surface area contributed by atoms with E-state index >= 15 is 0 Å². The van der Waals surface area contributed by atoms with Gasteiger partial charge < -0.3 is 20.1 Å². The molecule has 2 heterocycles. The second-order valence-corrected chi connectivity index (χ2v) is 4.71. The van der Waals surface area contributed by atoms with Crippen molar-refractivity contribution in [2.75, 3.05) is 6.61 Å². The summed E-state index contributed by atoms with van der Waals surface area (Å²) in [4.78, 5) is 15.7. The highest BCUT2D eigenvalue weighted by Crippen LogP contribution is 2.18. The molecule has 6 nitrogen and oxygen atoms in total. The van der Waals surface area contributed by atoms with Gasteiger partial charge in [0.1, 0.15) is 18.3 Å². The first kappa shape index (κ1) is 14.8. The highest BCUT2D eigenvalue weighted by molar-refractivity contribution is 5.93. The van der Waals surface area contributed by atoms with Gasteiger partial charge in [-0.25, -0.2) is 0 Å². The van der Waals surface area contributed by atoms with Crippen LogP contribution in [0, 0.1) is 0 Å². The molecule has 3 N–H and O–H groups in total. The van der Waals surface area contributed by atoms with Gasteiger partial charge in [0, 0.05) is 18.8 Å². The number of pyridine rings is 1.